The van der Waals surface area contributed by atoms with E-state index in [0.29, 0.717) is 36.0 Å². The molecule has 2 aromatic carbocycles. The van der Waals surface area contributed by atoms with Crippen molar-refractivity contribution in [3.05, 3.63) is 82.6 Å². The van der Waals surface area contributed by atoms with Crippen LogP contribution in [0.2, 0.25) is 0 Å². The lowest BCUT2D eigenvalue weighted by atomic mass is 9.89. The summed E-state index contributed by atoms with van der Waals surface area (Å²) >= 11 is 4.87. The summed E-state index contributed by atoms with van der Waals surface area (Å²) in [5.41, 5.74) is 2.86. The Bertz CT molecular complexity index is 1570. The van der Waals surface area contributed by atoms with Crippen LogP contribution in [0.15, 0.2) is 70.6 Å². The van der Waals surface area contributed by atoms with Crippen LogP contribution in [0.3, 0.4) is 0 Å². The minimum absolute atomic E-state index is 0.0138. The van der Waals surface area contributed by atoms with Crippen LogP contribution < -0.4 is 4.90 Å². The number of carbonyl (C=O) groups is 2. The van der Waals surface area contributed by atoms with Gasteiger partial charge in [-0.25, -0.2) is 14.1 Å². The highest BCUT2D eigenvalue weighted by Crippen LogP contribution is 2.34. The molecule has 212 valence electrons. The van der Waals surface area contributed by atoms with E-state index in [0.717, 1.165) is 28.7 Å². The highest BCUT2D eigenvalue weighted by atomic mass is 79.9. The van der Waals surface area contributed by atoms with E-state index >= 15 is 0 Å². The van der Waals surface area contributed by atoms with Gasteiger partial charge in [-0.2, -0.15) is 0 Å². The van der Waals surface area contributed by atoms with Gasteiger partial charge in [0.1, 0.15) is 17.6 Å². The van der Waals surface area contributed by atoms with Crippen molar-refractivity contribution < 1.29 is 14.0 Å². The van der Waals surface area contributed by atoms with Gasteiger partial charge in [0.15, 0.2) is 5.16 Å². The lowest BCUT2D eigenvalue weighted by molar-refractivity contribution is -0.120. The number of anilines is 1. The largest absolute Gasteiger partial charge is 0.335 e. The zero-order valence-electron chi connectivity index (χ0n) is 22.7. The van der Waals surface area contributed by atoms with Crippen molar-refractivity contribution in [3.8, 4) is 5.69 Å². The quantitative estimate of drug-likeness (QED) is 0.260. The van der Waals surface area contributed by atoms with Crippen molar-refractivity contribution in [3.63, 3.8) is 0 Å². The number of hydrogen-bond acceptors (Lipinski definition) is 6. The van der Waals surface area contributed by atoms with E-state index < -0.39 is 0 Å². The fourth-order valence-electron chi connectivity index (χ4n) is 5.78. The first-order valence-corrected chi connectivity index (χ1v) is 15.5. The number of rotatable bonds is 6. The molecule has 2 amide bonds. The smallest absolute Gasteiger partial charge is 0.272 e. The van der Waals surface area contributed by atoms with Gasteiger partial charge in [0.25, 0.3) is 11.8 Å². The third-order valence-corrected chi connectivity index (χ3v) is 9.12. The second kappa shape index (κ2) is 11.4. The van der Waals surface area contributed by atoms with Crippen LogP contribution in [-0.2, 0) is 4.79 Å². The van der Waals surface area contributed by atoms with Crippen LogP contribution in [0.25, 0.3) is 5.69 Å². The first-order chi connectivity index (χ1) is 19.8. The zero-order chi connectivity index (χ0) is 28.7. The molecular formula is C29H29BrFN7O2S. The monoisotopic (exact) mass is 637 g/mol. The van der Waals surface area contributed by atoms with E-state index in [4.69, 9.17) is 0 Å². The van der Waals surface area contributed by atoms with Gasteiger partial charge in [-0.3, -0.25) is 14.2 Å². The van der Waals surface area contributed by atoms with Crippen molar-refractivity contribution in [1.29, 1.82) is 0 Å². The van der Waals surface area contributed by atoms with Crippen LogP contribution in [-0.4, -0.2) is 66.6 Å². The molecule has 3 unspecified atom stereocenters. The fraction of sp³-hybridized carbons (Fsp3) is 0.345. The molecule has 2 aliphatic rings. The molecule has 12 heteroatoms. The first-order valence-electron chi connectivity index (χ1n) is 13.5. The molecule has 2 aromatic heterocycles. The van der Waals surface area contributed by atoms with Crippen molar-refractivity contribution >= 4 is 45.2 Å². The number of aromatic nitrogens is 5. The van der Waals surface area contributed by atoms with Gasteiger partial charge in [-0.05, 0) is 81.0 Å². The Balaban J connectivity index is 1.14. The van der Waals surface area contributed by atoms with Gasteiger partial charge in [0, 0.05) is 47.1 Å². The number of halogens is 2. The Morgan fingerprint density at radius 2 is 1.78 bits per heavy atom. The van der Waals surface area contributed by atoms with E-state index in [-0.39, 0.29) is 35.6 Å². The maximum Gasteiger partial charge on any atom is 0.272 e. The molecule has 6 rings (SSSR count). The van der Waals surface area contributed by atoms with E-state index in [2.05, 4.69) is 31.2 Å². The first kappa shape index (κ1) is 27.6. The topological polar surface area (TPSA) is 89.2 Å². The molecule has 4 aromatic rings. The molecule has 0 bridgehead atoms. The summed E-state index contributed by atoms with van der Waals surface area (Å²) in [6.45, 7) is 3.23. The average molecular weight is 639 g/mol. The van der Waals surface area contributed by atoms with E-state index in [1.54, 1.807) is 32.5 Å². The second-order valence-electron chi connectivity index (χ2n) is 10.4. The number of amides is 2. The van der Waals surface area contributed by atoms with Crippen LogP contribution in [0.1, 0.15) is 54.3 Å². The van der Waals surface area contributed by atoms with Gasteiger partial charge in [0.2, 0.25) is 0 Å². The third-order valence-electron chi connectivity index (χ3n) is 7.93. The summed E-state index contributed by atoms with van der Waals surface area (Å²) in [6.07, 6.45) is 7.53. The van der Waals surface area contributed by atoms with Crippen molar-refractivity contribution in [2.24, 2.45) is 0 Å². The number of thioether (sulfide) groups is 1. The summed E-state index contributed by atoms with van der Waals surface area (Å²) in [6, 6.07) is 13.4. The molecule has 2 aliphatic heterocycles. The van der Waals surface area contributed by atoms with Gasteiger partial charge in [0.05, 0.1) is 11.9 Å². The number of nitrogens with zero attached hydrogens (tertiary/aromatic N) is 7. The summed E-state index contributed by atoms with van der Waals surface area (Å²) in [5.74, 6) is -0.300. The highest BCUT2D eigenvalue weighted by molar-refractivity contribution is 9.10. The lowest BCUT2D eigenvalue weighted by Gasteiger charge is -2.37. The van der Waals surface area contributed by atoms with Crippen LogP contribution in [0.4, 0.5) is 10.1 Å². The van der Waals surface area contributed by atoms with Gasteiger partial charge in [-0.1, -0.05) is 32.9 Å². The highest BCUT2D eigenvalue weighted by Gasteiger charge is 2.37. The standard InChI is InChI=1S/C29H29BrFN7O2S/c1-18-15-19(24-17-37(34-33-24)25-12-14-36(27(25)39)22-7-3-20(30)4-8-22)11-13-35(18)28(40)26-16-32-29(41-2)38(26)23-9-5-21(31)6-10-23/h3-10,16-19,25H,11-15H2,1-2H3. The molecule has 3 atom stereocenters. The Morgan fingerprint density at radius 1 is 1.05 bits per heavy atom. The summed E-state index contributed by atoms with van der Waals surface area (Å²) in [5, 5.41) is 9.46. The van der Waals surface area contributed by atoms with Crippen LogP contribution in [0.5, 0.6) is 0 Å². The Kier molecular flexibility index (Phi) is 7.69. The molecular weight excluding hydrogens is 609 g/mol. The van der Waals surface area contributed by atoms with Crippen molar-refractivity contribution in [2.45, 2.75) is 49.3 Å². The van der Waals surface area contributed by atoms with Crippen LogP contribution in [0, 0.1) is 5.82 Å². The Hall–Kier alpha value is -3.51. The molecule has 4 heterocycles. The second-order valence-corrected chi connectivity index (χ2v) is 12.1. The minimum Gasteiger partial charge on any atom is -0.335 e. The third kappa shape index (κ3) is 5.30. The van der Waals surface area contributed by atoms with Gasteiger partial charge < -0.3 is 9.80 Å². The summed E-state index contributed by atoms with van der Waals surface area (Å²) in [4.78, 5) is 35.0. The fourth-order valence-corrected chi connectivity index (χ4v) is 6.59. The molecule has 0 radical (unpaired) electrons. The number of hydrogen-bond donors (Lipinski definition) is 0. The molecule has 9 nitrogen and oxygen atoms in total. The predicted octanol–water partition coefficient (Wildman–Crippen LogP) is 5.47. The van der Waals surface area contributed by atoms with E-state index in [1.165, 1.54) is 23.9 Å². The number of piperidine rings is 1. The average Bonchev–Trinajstić information content (AvgIpc) is 3.72. The number of imidazole rings is 1. The number of likely N-dealkylation sites (tertiary alicyclic amines) is 1. The Labute approximate surface area is 249 Å². The number of benzene rings is 2. The van der Waals surface area contributed by atoms with E-state index in [1.807, 2.05) is 48.5 Å². The summed E-state index contributed by atoms with van der Waals surface area (Å²) in [7, 11) is 0. The lowest BCUT2D eigenvalue weighted by Crippen LogP contribution is -2.44. The molecule has 0 spiro atoms. The van der Waals surface area contributed by atoms with Crippen molar-refractivity contribution in [2.75, 3.05) is 24.2 Å². The Morgan fingerprint density at radius 3 is 2.49 bits per heavy atom. The maximum atomic E-state index is 13.7. The van der Waals surface area contributed by atoms with Gasteiger partial charge >= 0.3 is 0 Å². The molecule has 41 heavy (non-hydrogen) atoms. The molecule has 0 saturated carbocycles. The van der Waals surface area contributed by atoms with Crippen LogP contribution >= 0.6 is 27.7 Å². The predicted molar refractivity (Wildman–Crippen MR) is 158 cm³/mol. The zero-order valence-corrected chi connectivity index (χ0v) is 25.1. The van der Waals surface area contributed by atoms with Crippen molar-refractivity contribution in [1.82, 2.24) is 29.4 Å². The SMILES string of the molecule is CSc1ncc(C(=O)N2CCC(c3cn(C4CCN(c5ccc(Br)cc5)C4=O)nn3)CC2C)n1-c1ccc(F)cc1. The molecule has 0 N–H and O–H groups in total. The van der Waals surface area contributed by atoms with E-state index in [9.17, 15) is 14.0 Å². The molecule has 0 aliphatic carbocycles. The van der Waals surface area contributed by atoms with Gasteiger partial charge in [-0.15, -0.1) is 5.10 Å². The molecule has 2 saturated heterocycles. The molecule has 2 fully saturated rings. The minimum atomic E-state index is -0.378. The maximum absolute atomic E-state index is 13.7. The number of carbonyl (C=O) groups excluding carboxylic acids is 2. The normalized spacial score (nSPS) is 21.1. The summed E-state index contributed by atoms with van der Waals surface area (Å²) < 4.78 is 18.0.